The van der Waals surface area contributed by atoms with Crippen LogP contribution < -0.4 is 31.3 Å². The maximum Gasteiger partial charge on any atom is 0.255 e. The Hall–Kier alpha value is -8.34. The van der Waals surface area contributed by atoms with Crippen molar-refractivity contribution in [1.82, 2.24) is 61.1 Å². The number of benzene rings is 4. The van der Waals surface area contributed by atoms with Crippen molar-refractivity contribution in [3.8, 4) is 37.1 Å². The van der Waals surface area contributed by atoms with Crippen LogP contribution in [0.25, 0.3) is 31.3 Å². The number of rotatable bonds is 20. The molecule has 0 saturated carbocycles. The van der Waals surface area contributed by atoms with Crippen LogP contribution in [0.5, 0.6) is 5.75 Å². The van der Waals surface area contributed by atoms with Gasteiger partial charge < -0.3 is 66.2 Å². The van der Waals surface area contributed by atoms with Gasteiger partial charge in [0.25, 0.3) is 5.91 Å². The first-order valence-electron chi connectivity index (χ1n) is 38.7. The molecule has 606 valence electrons. The summed E-state index contributed by atoms with van der Waals surface area (Å²) in [6, 6.07) is 25.2. The smallest absolute Gasteiger partial charge is 0.255 e. The second-order valence-corrected chi connectivity index (χ2v) is 38.2. The summed E-state index contributed by atoms with van der Waals surface area (Å²) in [6.07, 6.45) is -1.65. The third-order valence-corrected chi connectivity index (χ3v) is 23.1. The van der Waals surface area contributed by atoms with E-state index in [0.29, 0.717) is 24.4 Å². The van der Waals surface area contributed by atoms with Crippen molar-refractivity contribution >= 4 is 75.4 Å². The predicted octanol–water partition coefficient (Wildman–Crippen LogP) is 12.1. The number of aromatic nitrogens is 3. The molecule has 7 aromatic rings. The SMILES string of the molecule is Cc1ncsc1-c1ccc(CNC(=O)[C@@H]2C[C@@H](O)CN2C(=O)[C@@H](NC(C)(C)C)C(C)(C)C)cc1.Cc1ncsc1-c1ccc(CNC(=O)[C@@H]2C[C@@H](O)CN2C(=O)[C@H](C(C)C)N2Cc3ccccc3C2=O)c(OC(C)(C)C)c1.Cc1ncsc1-c1ccc([C@H](C)NC(=O)[C@@H]2C[C@@H](O)CN2C(=O)[C@@H](NC(C)(C)C)C(C)(C)C)cc1. The Kier molecular flexibility index (Phi) is 28.2. The number of carbonyl (C=O) groups excluding carboxylic acids is 7. The Morgan fingerprint density at radius 2 is 0.938 bits per heavy atom. The van der Waals surface area contributed by atoms with E-state index in [1.807, 2.05) is 247 Å². The number of amides is 7. The lowest BCUT2D eigenvalue weighted by Gasteiger charge is -2.39. The third-order valence-electron chi connectivity index (χ3n) is 20.2. The van der Waals surface area contributed by atoms with Gasteiger partial charge >= 0.3 is 0 Å². The lowest BCUT2D eigenvalue weighted by Crippen LogP contribution is -2.60. The zero-order valence-corrected chi connectivity index (χ0v) is 71.5. The molecule has 112 heavy (non-hydrogen) atoms. The predicted molar refractivity (Wildman–Crippen MR) is 443 cm³/mol. The molecule has 0 bridgehead atoms. The Bertz CT molecular complexity index is 4440. The van der Waals surface area contributed by atoms with Gasteiger partial charge in [-0.15, -0.1) is 34.0 Å². The number of ether oxygens (including phenoxy) is 1. The number of aryl methyl sites for hydroxylation is 3. The van der Waals surface area contributed by atoms with E-state index in [0.717, 1.165) is 70.7 Å². The van der Waals surface area contributed by atoms with Crippen molar-refractivity contribution in [1.29, 1.82) is 0 Å². The molecule has 4 aromatic carbocycles. The number of nitrogens with zero attached hydrogens (tertiary/aromatic N) is 7. The standard InChI is InChI=1S/C33H40N4O5S.C27H40N4O3S.C26H38N4O3S/c1-19(2)28(37-16-23-9-7-8-10-25(23)31(37)40)32(41)36-17-24(38)14-26(36)30(39)34-15-22-12-11-21(29-20(3)35-18-43-29)13-27(22)42-33(4,5)6;1-16(18-9-11-19(12-10-18)22-17(2)28-15-35-22)29-24(33)21-13-20(32)14-31(21)25(34)23(26(3,4)5)30-27(6,7)8;1-16-21(34-15-28-16)18-10-8-17(9-11-18)13-27-23(32)20-12-19(31)14-30(20)24(33)22(25(2,3)4)29-26(5,6)7/h7-13,18-19,24,26,28,38H,14-17H2,1-6H3,(H,34,39);9-12,15-16,20-21,23,30,32H,13-14H2,1-8H3,(H,29,33);8-11,15,19-20,22,29,31H,12-14H2,1-7H3,(H,27,32)/t24-,26+,28+;16-,20+,21-,23+;19-,20+,22-/m101/s1. The van der Waals surface area contributed by atoms with Gasteiger partial charge in [0.2, 0.25) is 35.4 Å². The van der Waals surface area contributed by atoms with Crippen LogP contribution in [-0.2, 0) is 48.4 Å². The summed E-state index contributed by atoms with van der Waals surface area (Å²) >= 11 is 4.78. The highest BCUT2D eigenvalue weighted by molar-refractivity contribution is 7.14. The van der Waals surface area contributed by atoms with Gasteiger partial charge in [-0.2, -0.15) is 0 Å². The molecule has 0 radical (unpaired) electrons. The molecule has 3 aromatic heterocycles. The first-order chi connectivity index (χ1) is 52.3. The lowest BCUT2D eigenvalue weighted by molar-refractivity contribution is -0.143. The highest BCUT2D eigenvalue weighted by Crippen LogP contribution is 2.37. The normalized spacial score (nSPS) is 19.8. The van der Waals surface area contributed by atoms with Gasteiger partial charge in [-0.25, -0.2) is 15.0 Å². The topological polar surface area (TPSA) is 301 Å². The zero-order valence-electron chi connectivity index (χ0n) is 69.1. The number of thiazole rings is 3. The highest BCUT2D eigenvalue weighted by Gasteiger charge is 2.49. The third kappa shape index (κ3) is 22.4. The largest absolute Gasteiger partial charge is 0.488 e. The van der Waals surface area contributed by atoms with E-state index in [1.54, 1.807) is 54.8 Å². The van der Waals surface area contributed by atoms with E-state index in [2.05, 4.69) is 41.5 Å². The molecular weight excluding hydrogens is 1470 g/mol. The van der Waals surface area contributed by atoms with E-state index in [9.17, 15) is 48.9 Å². The number of nitrogens with one attached hydrogen (secondary N) is 5. The Morgan fingerprint density at radius 1 is 0.527 bits per heavy atom. The second-order valence-electron chi connectivity index (χ2n) is 35.7. The van der Waals surface area contributed by atoms with Gasteiger partial charge in [-0.05, 0) is 152 Å². The minimum atomic E-state index is -0.852. The molecule has 23 nitrogen and oxygen atoms in total. The maximum absolute atomic E-state index is 14.0. The molecule has 0 aliphatic carbocycles. The molecule has 8 N–H and O–H groups in total. The second kappa shape index (κ2) is 36.0. The molecule has 10 atom stereocenters. The number of likely N-dealkylation sites (tertiary alicyclic amines) is 3. The molecule has 11 rings (SSSR count). The maximum atomic E-state index is 14.0. The minimum Gasteiger partial charge on any atom is -0.488 e. The zero-order chi connectivity index (χ0) is 82.4. The van der Waals surface area contributed by atoms with Crippen molar-refractivity contribution in [2.75, 3.05) is 19.6 Å². The number of aliphatic hydroxyl groups is 3. The average molecular weight is 1590 g/mol. The molecule has 7 amide bonds. The first kappa shape index (κ1) is 87.6. The van der Waals surface area contributed by atoms with E-state index in [4.69, 9.17) is 4.74 Å². The summed E-state index contributed by atoms with van der Waals surface area (Å²) in [4.78, 5) is 117. The van der Waals surface area contributed by atoms with Crippen LogP contribution >= 0.6 is 34.0 Å². The number of hydrogen-bond acceptors (Lipinski definition) is 19. The van der Waals surface area contributed by atoms with Crippen LogP contribution in [0.2, 0.25) is 0 Å². The lowest BCUT2D eigenvalue weighted by atomic mass is 9.84. The van der Waals surface area contributed by atoms with Crippen molar-refractivity contribution in [2.24, 2.45) is 16.7 Å². The molecule has 3 saturated heterocycles. The van der Waals surface area contributed by atoms with Crippen molar-refractivity contribution in [3.63, 3.8) is 0 Å². The Labute approximate surface area is 673 Å². The molecule has 4 aliphatic rings. The van der Waals surface area contributed by atoms with Gasteiger partial charge in [0.15, 0.2) is 0 Å². The van der Waals surface area contributed by atoms with Crippen LogP contribution in [-0.4, -0.2) is 182 Å². The summed E-state index contributed by atoms with van der Waals surface area (Å²) in [7, 11) is 0. The summed E-state index contributed by atoms with van der Waals surface area (Å²) in [5, 5.41) is 47.1. The molecule has 0 unspecified atom stereocenters. The molecule has 4 aliphatic heterocycles. The molecule has 3 fully saturated rings. The highest BCUT2D eigenvalue weighted by atomic mass is 32.1. The van der Waals surface area contributed by atoms with Gasteiger partial charge in [-0.3, -0.25) is 33.6 Å². The number of carbonyl (C=O) groups is 7. The van der Waals surface area contributed by atoms with E-state index >= 15 is 0 Å². The molecule has 7 heterocycles. The summed E-state index contributed by atoms with van der Waals surface area (Å²) < 4.78 is 6.29. The van der Waals surface area contributed by atoms with E-state index < -0.39 is 60.2 Å². The fourth-order valence-corrected chi connectivity index (χ4v) is 17.0. The molecule has 0 spiro atoms. The fourth-order valence-electron chi connectivity index (χ4n) is 14.6. The van der Waals surface area contributed by atoms with E-state index in [-0.39, 0.29) is 121 Å². The Morgan fingerprint density at radius 3 is 1.35 bits per heavy atom. The van der Waals surface area contributed by atoms with Crippen LogP contribution in [0.15, 0.2) is 108 Å². The summed E-state index contributed by atoms with van der Waals surface area (Å²) in [5.74, 6) is -1.18. The van der Waals surface area contributed by atoms with Crippen molar-refractivity contribution in [3.05, 3.63) is 152 Å². The van der Waals surface area contributed by atoms with E-state index in [1.165, 1.54) is 4.90 Å². The summed E-state index contributed by atoms with van der Waals surface area (Å²) in [6.45, 7) is 43.0. The van der Waals surface area contributed by atoms with Gasteiger partial charge in [0, 0.05) is 80.7 Å². The fraction of sp³-hybridized carbons (Fsp3) is 0.535. The molecular formula is C86H118N12O11S3. The van der Waals surface area contributed by atoms with Crippen LogP contribution in [0.1, 0.15) is 200 Å². The number of hydrogen-bond donors (Lipinski definition) is 8. The van der Waals surface area contributed by atoms with Crippen LogP contribution in [0.4, 0.5) is 0 Å². The van der Waals surface area contributed by atoms with Crippen molar-refractivity contribution in [2.45, 2.75) is 262 Å². The average Bonchev–Trinajstić information content (AvgIpc) is 1.60. The summed E-state index contributed by atoms with van der Waals surface area (Å²) in [5.41, 5.74) is 14.1. The minimum absolute atomic E-state index is 0.0381. The van der Waals surface area contributed by atoms with Crippen LogP contribution in [0.3, 0.4) is 0 Å². The van der Waals surface area contributed by atoms with Gasteiger partial charge in [0.1, 0.15) is 35.5 Å². The van der Waals surface area contributed by atoms with Crippen LogP contribution in [0, 0.1) is 37.5 Å². The van der Waals surface area contributed by atoms with Gasteiger partial charge in [0.05, 0.1) is 84.7 Å². The quantitative estimate of drug-likeness (QED) is 0.0352. The first-order valence-corrected chi connectivity index (χ1v) is 41.4. The number of fused-ring (bicyclic) bond motifs is 1. The number of β-amino-alcohol motifs (C(OH)–C–C–N with tert-alkyl or cyclic N) is 3. The monoisotopic (exact) mass is 1590 g/mol. The van der Waals surface area contributed by atoms with Crippen molar-refractivity contribution < 1.29 is 53.6 Å². The number of aliphatic hydroxyl groups excluding tert-OH is 3. The molecule has 26 heteroatoms. The Balaban J connectivity index is 0.000000195. The van der Waals surface area contributed by atoms with Gasteiger partial charge in [-0.1, -0.05) is 134 Å².